The SMILES string of the molecule is CCOC1CC(n2cc3c(n2)CCCN3C(=O)c2csc(-c3cn[nH]c3)n2)C1. The molecule has 1 amide bonds. The number of thiazole rings is 1. The predicted octanol–water partition coefficient (Wildman–Crippen LogP) is 3.06. The number of aromatic nitrogens is 5. The van der Waals surface area contributed by atoms with Crippen molar-refractivity contribution in [2.45, 2.75) is 44.8 Å². The Labute approximate surface area is 166 Å². The first-order valence-corrected chi connectivity index (χ1v) is 10.6. The maximum absolute atomic E-state index is 13.1. The van der Waals surface area contributed by atoms with Gasteiger partial charge in [0.2, 0.25) is 0 Å². The minimum atomic E-state index is -0.0627. The summed E-state index contributed by atoms with van der Waals surface area (Å²) in [5.74, 6) is -0.0627. The molecule has 0 spiro atoms. The molecular formula is C19H22N6O2S. The predicted molar refractivity (Wildman–Crippen MR) is 106 cm³/mol. The minimum absolute atomic E-state index is 0.0627. The number of aryl methyl sites for hydroxylation is 1. The van der Waals surface area contributed by atoms with Gasteiger partial charge in [-0.05, 0) is 32.6 Å². The van der Waals surface area contributed by atoms with Crippen LogP contribution in [0.3, 0.4) is 0 Å². The fourth-order valence-corrected chi connectivity index (χ4v) is 4.66. The van der Waals surface area contributed by atoms with Gasteiger partial charge in [-0.2, -0.15) is 10.2 Å². The lowest BCUT2D eigenvalue weighted by molar-refractivity contribution is -0.0228. The Morgan fingerprint density at radius 3 is 3.11 bits per heavy atom. The van der Waals surface area contributed by atoms with Gasteiger partial charge in [-0.3, -0.25) is 14.6 Å². The third-order valence-electron chi connectivity index (χ3n) is 5.43. The van der Waals surface area contributed by atoms with Crippen LogP contribution < -0.4 is 4.90 Å². The van der Waals surface area contributed by atoms with Gasteiger partial charge in [0.25, 0.3) is 5.91 Å². The van der Waals surface area contributed by atoms with E-state index < -0.39 is 0 Å². The van der Waals surface area contributed by atoms with E-state index in [4.69, 9.17) is 9.84 Å². The fourth-order valence-electron chi connectivity index (χ4n) is 3.88. The van der Waals surface area contributed by atoms with Gasteiger partial charge in [0.1, 0.15) is 10.7 Å². The Kier molecular flexibility index (Phi) is 4.48. The second-order valence-electron chi connectivity index (χ2n) is 7.23. The summed E-state index contributed by atoms with van der Waals surface area (Å²) < 4.78 is 7.69. The monoisotopic (exact) mass is 398 g/mol. The van der Waals surface area contributed by atoms with Crippen LogP contribution in [0.5, 0.6) is 0 Å². The van der Waals surface area contributed by atoms with Gasteiger partial charge in [0, 0.05) is 36.5 Å². The summed E-state index contributed by atoms with van der Waals surface area (Å²) in [6.07, 6.45) is 9.67. The molecule has 28 heavy (non-hydrogen) atoms. The average molecular weight is 398 g/mol. The van der Waals surface area contributed by atoms with Crippen LogP contribution in [0.1, 0.15) is 48.4 Å². The van der Waals surface area contributed by atoms with Crippen molar-refractivity contribution < 1.29 is 9.53 Å². The van der Waals surface area contributed by atoms with E-state index >= 15 is 0 Å². The van der Waals surface area contributed by atoms with Crippen LogP contribution in [0.15, 0.2) is 24.0 Å². The van der Waals surface area contributed by atoms with Crippen molar-refractivity contribution in [2.24, 2.45) is 0 Å². The van der Waals surface area contributed by atoms with Gasteiger partial charge >= 0.3 is 0 Å². The topological polar surface area (TPSA) is 88.9 Å². The van der Waals surface area contributed by atoms with Crippen molar-refractivity contribution in [3.8, 4) is 10.6 Å². The molecule has 4 heterocycles. The van der Waals surface area contributed by atoms with Crippen LogP contribution in [0.2, 0.25) is 0 Å². The second kappa shape index (κ2) is 7.14. The Bertz CT molecular complexity index is 973. The van der Waals surface area contributed by atoms with Crippen molar-refractivity contribution in [1.29, 1.82) is 0 Å². The van der Waals surface area contributed by atoms with Crippen LogP contribution in [0.25, 0.3) is 10.6 Å². The summed E-state index contributed by atoms with van der Waals surface area (Å²) in [6.45, 7) is 3.48. The number of ether oxygens (including phenoxy) is 1. The van der Waals surface area contributed by atoms with E-state index in [0.717, 1.165) is 54.2 Å². The lowest BCUT2D eigenvalue weighted by Gasteiger charge is -2.34. The first kappa shape index (κ1) is 17.6. The molecule has 1 aliphatic carbocycles. The maximum Gasteiger partial charge on any atom is 0.277 e. The molecule has 0 aromatic carbocycles. The van der Waals surface area contributed by atoms with Gasteiger partial charge in [-0.15, -0.1) is 11.3 Å². The smallest absolute Gasteiger partial charge is 0.277 e. The molecule has 2 aliphatic rings. The summed E-state index contributed by atoms with van der Waals surface area (Å²) >= 11 is 1.46. The molecule has 0 saturated heterocycles. The van der Waals surface area contributed by atoms with Crippen LogP contribution in [-0.2, 0) is 11.2 Å². The van der Waals surface area contributed by atoms with Gasteiger partial charge in [-0.25, -0.2) is 4.98 Å². The van der Waals surface area contributed by atoms with Crippen molar-refractivity contribution >= 4 is 22.9 Å². The summed E-state index contributed by atoms with van der Waals surface area (Å²) in [7, 11) is 0. The third kappa shape index (κ3) is 3.04. The first-order valence-electron chi connectivity index (χ1n) is 9.69. The van der Waals surface area contributed by atoms with E-state index in [1.807, 2.05) is 28.1 Å². The standard InChI is InChI=1S/C19H22N6O2S/c1-2-27-14-6-13(7-14)25-10-17-15(23-25)4-3-5-24(17)19(26)16-11-28-18(22-16)12-8-20-21-9-12/h8-11,13-14H,2-7H2,1H3,(H,20,21). The van der Waals surface area contributed by atoms with Gasteiger partial charge in [0.15, 0.2) is 0 Å². The number of anilines is 1. The van der Waals surface area contributed by atoms with Crippen molar-refractivity contribution in [3.63, 3.8) is 0 Å². The second-order valence-corrected chi connectivity index (χ2v) is 8.09. The number of amides is 1. The van der Waals surface area contributed by atoms with E-state index in [-0.39, 0.29) is 5.91 Å². The quantitative estimate of drug-likeness (QED) is 0.713. The van der Waals surface area contributed by atoms with Crippen LogP contribution in [0, 0.1) is 0 Å². The summed E-state index contributed by atoms with van der Waals surface area (Å²) in [5, 5.41) is 14.1. The molecule has 1 aliphatic heterocycles. The molecule has 5 rings (SSSR count). The molecule has 0 radical (unpaired) electrons. The van der Waals surface area contributed by atoms with E-state index in [9.17, 15) is 4.79 Å². The highest BCUT2D eigenvalue weighted by Crippen LogP contribution is 2.37. The largest absolute Gasteiger partial charge is 0.378 e. The highest BCUT2D eigenvalue weighted by atomic mass is 32.1. The van der Waals surface area contributed by atoms with Crippen LogP contribution in [0.4, 0.5) is 5.69 Å². The van der Waals surface area contributed by atoms with Crippen LogP contribution in [-0.4, -0.2) is 50.1 Å². The summed E-state index contributed by atoms with van der Waals surface area (Å²) in [5.41, 5.74) is 3.30. The number of nitrogens with one attached hydrogen (secondary N) is 1. The molecular weight excluding hydrogens is 376 g/mol. The lowest BCUT2D eigenvalue weighted by Crippen LogP contribution is -2.35. The normalized spacial score (nSPS) is 21.4. The van der Waals surface area contributed by atoms with Gasteiger partial charge in [-0.1, -0.05) is 0 Å². The van der Waals surface area contributed by atoms with E-state index in [1.54, 1.807) is 12.4 Å². The third-order valence-corrected chi connectivity index (χ3v) is 6.32. The van der Waals surface area contributed by atoms with E-state index in [2.05, 4.69) is 15.2 Å². The zero-order valence-corrected chi connectivity index (χ0v) is 16.5. The van der Waals surface area contributed by atoms with Crippen LogP contribution >= 0.6 is 11.3 Å². The number of hydrogen-bond acceptors (Lipinski definition) is 6. The maximum atomic E-state index is 13.1. The number of carbonyl (C=O) groups excluding carboxylic acids is 1. The average Bonchev–Trinajstić information content (AvgIpc) is 3.42. The number of nitrogens with zero attached hydrogens (tertiary/aromatic N) is 5. The fraction of sp³-hybridized carbons (Fsp3) is 0.474. The molecule has 3 aromatic rings. The molecule has 3 aromatic heterocycles. The molecule has 1 fully saturated rings. The number of H-pyrrole nitrogens is 1. The molecule has 146 valence electrons. The Morgan fingerprint density at radius 2 is 2.32 bits per heavy atom. The molecule has 1 N–H and O–H groups in total. The Morgan fingerprint density at radius 1 is 1.43 bits per heavy atom. The molecule has 9 heteroatoms. The zero-order chi connectivity index (χ0) is 19.1. The van der Waals surface area contributed by atoms with E-state index in [0.29, 0.717) is 24.4 Å². The molecule has 0 bridgehead atoms. The number of fused-ring (bicyclic) bond motifs is 1. The Balaban J connectivity index is 1.35. The molecule has 1 saturated carbocycles. The van der Waals surface area contributed by atoms with E-state index in [1.165, 1.54) is 11.3 Å². The number of aromatic amines is 1. The lowest BCUT2D eigenvalue weighted by atomic mass is 9.89. The Hall–Kier alpha value is -2.52. The highest BCUT2D eigenvalue weighted by Gasteiger charge is 2.34. The molecule has 0 atom stereocenters. The van der Waals surface area contributed by atoms with Crippen molar-refractivity contribution in [2.75, 3.05) is 18.1 Å². The minimum Gasteiger partial charge on any atom is -0.378 e. The molecule has 8 nitrogen and oxygen atoms in total. The number of rotatable bonds is 5. The highest BCUT2D eigenvalue weighted by molar-refractivity contribution is 7.13. The van der Waals surface area contributed by atoms with Crippen molar-refractivity contribution in [1.82, 2.24) is 25.0 Å². The van der Waals surface area contributed by atoms with Gasteiger partial charge in [0.05, 0.1) is 29.7 Å². The zero-order valence-electron chi connectivity index (χ0n) is 15.7. The number of carbonyl (C=O) groups is 1. The summed E-state index contributed by atoms with van der Waals surface area (Å²) in [4.78, 5) is 19.5. The van der Waals surface area contributed by atoms with Crippen molar-refractivity contribution in [3.05, 3.63) is 35.4 Å². The molecule has 0 unspecified atom stereocenters. The first-order chi connectivity index (χ1) is 13.7. The summed E-state index contributed by atoms with van der Waals surface area (Å²) in [6, 6.07) is 0.367. The van der Waals surface area contributed by atoms with Gasteiger partial charge < -0.3 is 9.64 Å². The number of hydrogen-bond donors (Lipinski definition) is 1.